The van der Waals surface area contributed by atoms with Gasteiger partial charge in [0.1, 0.15) is 24.3 Å². The smallest absolute Gasteiger partial charge is 0.319 e. The first-order chi connectivity index (χ1) is 14.4. The van der Waals surface area contributed by atoms with E-state index in [0.29, 0.717) is 23.2 Å². The Morgan fingerprint density at radius 2 is 2.00 bits per heavy atom. The maximum absolute atomic E-state index is 13.1. The number of carbonyl (C=O) groups is 1. The fraction of sp³-hybridized carbons (Fsp3) is 0.286. The molecule has 0 aliphatic rings. The first-order valence-electron chi connectivity index (χ1n) is 9.46. The van der Waals surface area contributed by atoms with E-state index in [9.17, 15) is 14.3 Å². The van der Waals surface area contributed by atoms with Crippen molar-refractivity contribution in [2.45, 2.75) is 25.9 Å². The first kappa shape index (κ1) is 21.3. The normalized spacial score (nSPS) is 11.9. The molecule has 0 saturated carbocycles. The summed E-state index contributed by atoms with van der Waals surface area (Å²) >= 11 is 0. The minimum absolute atomic E-state index is 0.0286. The topological polar surface area (TPSA) is 110 Å². The van der Waals surface area contributed by atoms with Gasteiger partial charge in [-0.1, -0.05) is 25.1 Å². The van der Waals surface area contributed by atoms with E-state index in [-0.39, 0.29) is 19.1 Å². The molecule has 0 saturated heterocycles. The second-order valence-corrected chi connectivity index (χ2v) is 6.95. The summed E-state index contributed by atoms with van der Waals surface area (Å²) in [6, 6.07) is 12.1. The van der Waals surface area contributed by atoms with E-state index in [2.05, 4.69) is 20.8 Å². The summed E-state index contributed by atoms with van der Waals surface area (Å²) in [5.41, 5.74) is 1.30. The molecule has 2 aromatic carbocycles. The van der Waals surface area contributed by atoms with Crippen molar-refractivity contribution < 1.29 is 23.6 Å². The molecule has 0 bridgehead atoms. The standard InChI is InChI=1S/C21H23FN4O4/c1-13(2)19-25-20(30-26-19)14-6-8-16(9-7-14)24-21(28)23-11-17(27)12-29-18-5-3-4-15(22)10-18/h3-10,13,17,27H,11-12H2,1-2H3,(H2,23,24,28). The van der Waals surface area contributed by atoms with E-state index in [1.54, 1.807) is 30.3 Å². The molecular formula is C21H23FN4O4. The van der Waals surface area contributed by atoms with Gasteiger partial charge in [0.15, 0.2) is 5.82 Å². The number of anilines is 1. The minimum atomic E-state index is -0.950. The van der Waals surface area contributed by atoms with Crippen LogP contribution >= 0.6 is 0 Å². The van der Waals surface area contributed by atoms with Crippen LogP contribution in [0.4, 0.5) is 14.9 Å². The lowest BCUT2D eigenvalue weighted by molar-refractivity contribution is 0.108. The summed E-state index contributed by atoms with van der Waals surface area (Å²) in [5.74, 6) is 1.09. The van der Waals surface area contributed by atoms with Crippen LogP contribution in [-0.4, -0.2) is 40.5 Å². The Kier molecular flexibility index (Phi) is 6.97. The molecular weight excluding hydrogens is 391 g/mol. The molecule has 1 heterocycles. The van der Waals surface area contributed by atoms with E-state index >= 15 is 0 Å². The fourth-order valence-corrected chi connectivity index (χ4v) is 2.48. The molecule has 2 amide bonds. The molecule has 8 nitrogen and oxygen atoms in total. The zero-order valence-electron chi connectivity index (χ0n) is 16.6. The summed E-state index contributed by atoms with van der Waals surface area (Å²) in [7, 11) is 0. The van der Waals surface area contributed by atoms with Crippen LogP contribution in [0.15, 0.2) is 53.1 Å². The Morgan fingerprint density at radius 3 is 2.67 bits per heavy atom. The number of benzene rings is 2. The van der Waals surface area contributed by atoms with E-state index in [1.807, 2.05) is 13.8 Å². The summed E-state index contributed by atoms with van der Waals surface area (Å²) in [5, 5.41) is 19.0. The van der Waals surface area contributed by atoms with E-state index in [4.69, 9.17) is 9.26 Å². The lowest BCUT2D eigenvalue weighted by Gasteiger charge is -2.14. The monoisotopic (exact) mass is 414 g/mol. The number of carbonyl (C=O) groups excluding carboxylic acids is 1. The average Bonchev–Trinajstić information content (AvgIpc) is 3.22. The highest BCUT2D eigenvalue weighted by atomic mass is 19.1. The maximum atomic E-state index is 13.1. The van der Waals surface area contributed by atoms with Crippen LogP contribution in [-0.2, 0) is 0 Å². The highest BCUT2D eigenvalue weighted by molar-refractivity contribution is 5.89. The van der Waals surface area contributed by atoms with Crippen molar-refractivity contribution in [2.75, 3.05) is 18.5 Å². The van der Waals surface area contributed by atoms with Crippen LogP contribution in [0.25, 0.3) is 11.5 Å². The minimum Gasteiger partial charge on any atom is -0.491 e. The molecule has 30 heavy (non-hydrogen) atoms. The van der Waals surface area contributed by atoms with Gasteiger partial charge in [-0.15, -0.1) is 0 Å². The van der Waals surface area contributed by atoms with Crippen LogP contribution in [0, 0.1) is 5.82 Å². The molecule has 3 aromatic rings. The SMILES string of the molecule is CC(C)c1noc(-c2ccc(NC(=O)NCC(O)COc3cccc(F)c3)cc2)n1. The summed E-state index contributed by atoms with van der Waals surface area (Å²) in [6.45, 7) is 3.84. The Morgan fingerprint density at radius 1 is 1.23 bits per heavy atom. The quantitative estimate of drug-likeness (QED) is 0.520. The summed E-state index contributed by atoms with van der Waals surface area (Å²) in [4.78, 5) is 16.3. The van der Waals surface area contributed by atoms with Crippen LogP contribution in [0.3, 0.4) is 0 Å². The number of nitrogens with one attached hydrogen (secondary N) is 2. The van der Waals surface area contributed by atoms with Crippen molar-refractivity contribution in [1.29, 1.82) is 0 Å². The van der Waals surface area contributed by atoms with Gasteiger partial charge in [0.25, 0.3) is 5.89 Å². The third-order valence-corrected chi connectivity index (χ3v) is 4.08. The number of rotatable bonds is 8. The predicted molar refractivity (Wildman–Crippen MR) is 109 cm³/mol. The molecule has 0 spiro atoms. The molecule has 1 atom stereocenters. The van der Waals surface area contributed by atoms with Crippen molar-refractivity contribution in [3.63, 3.8) is 0 Å². The molecule has 1 aromatic heterocycles. The van der Waals surface area contributed by atoms with Gasteiger partial charge in [-0.2, -0.15) is 4.98 Å². The lowest BCUT2D eigenvalue weighted by atomic mass is 10.2. The van der Waals surface area contributed by atoms with E-state index in [1.165, 1.54) is 18.2 Å². The van der Waals surface area contributed by atoms with Gasteiger partial charge >= 0.3 is 6.03 Å². The van der Waals surface area contributed by atoms with Crippen LogP contribution < -0.4 is 15.4 Å². The largest absolute Gasteiger partial charge is 0.491 e. The molecule has 1 unspecified atom stereocenters. The van der Waals surface area contributed by atoms with Crippen molar-refractivity contribution in [1.82, 2.24) is 15.5 Å². The third-order valence-electron chi connectivity index (χ3n) is 4.08. The fourth-order valence-electron chi connectivity index (χ4n) is 2.48. The molecule has 3 rings (SSSR count). The second-order valence-electron chi connectivity index (χ2n) is 6.95. The number of aliphatic hydroxyl groups excluding tert-OH is 1. The third kappa shape index (κ3) is 6.02. The number of hydrogen-bond acceptors (Lipinski definition) is 6. The molecule has 9 heteroatoms. The Hall–Kier alpha value is -3.46. The van der Waals surface area contributed by atoms with Crippen molar-refractivity contribution in [3.05, 3.63) is 60.2 Å². The lowest BCUT2D eigenvalue weighted by Crippen LogP contribution is -2.37. The van der Waals surface area contributed by atoms with Crippen LogP contribution in [0.5, 0.6) is 5.75 Å². The highest BCUT2D eigenvalue weighted by Gasteiger charge is 2.12. The highest BCUT2D eigenvalue weighted by Crippen LogP contribution is 2.21. The van der Waals surface area contributed by atoms with Gasteiger partial charge < -0.3 is 25.0 Å². The van der Waals surface area contributed by atoms with Crippen molar-refractivity contribution in [2.24, 2.45) is 0 Å². The Labute approximate surface area is 173 Å². The van der Waals surface area contributed by atoms with Gasteiger partial charge in [-0.25, -0.2) is 9.18 Å². The number of aromatic nitrogens is 2. The Balaban J connectivity index is 1.44. The molecule has 0 aliphatic carbocycles. The first-order valence-corrected chi connectivity index (χ1v) is 9.46. The van der Waals surface area contributed by atoms with Crippen molar-refractivity contribution >= 4 is 11.7 Å². The number of urea groups is 1. The summed E-state index contributed by atoms with van der Waals surface area (Å²) in [6.07, 6.45) is -0.950. The zero-order chi connectivity index (χ0) is 21.5. The number of ether oxygens (including phenoxy) is 1. The number of nitrogens with zero attached hydrogens (tertiary/aromatic N) is 2. The van der Waals surface area contributed by atoms with Crippen LogP contribution in [0.2, 0.25) is 0 Å². The second kappa shape index (κ2) is 9.84. The van der Waals surface area contributed by atoms with Gasteiger partial charge in [0.05, 0.1) is 0 Å². The van der Waals surface area contributed by atoms with Crippen molar-refractivity contribution in [3.8, 4) is 17.2 Å². The predicted octanol–water partition coefficient (Wildman–Crippen LogP) is 3.56. The number of halogens is 1. The van der Waals surface area contributed by atoms with Gasteiger partial charge in [-0.05, 0) is 36.4 Å². The Bertz CT molecular complexity index is 975. The number of hydrogen-bond donors (Lipinski definition) is 3. The molecule has 0 fully saturated rings. The molecule has 0 radical (unpaired) electrons. The summed E-state index contributed by atoms with van der Waals surface area (Å²) < 4.78 is 23.6. The van der Waals surface area contributed by atoms with Crippen LogP contribution in [0.1, 0.15) is 25.6 Å². The van der Waals surface area contributed by atoms with Gasteiger partial charge in [-0.3, -0.25) is 0 Å². The maximum Gasteiger partial charge on any atom is 0.319 e. The molecule has 158 valence electrons. The van der Waals surface area contributed by atoms with E-state index in [0.717, 1.165) is 5.56 Å². The molecule has 0 aliphatic heterocycles. The van der Waals surface area contributed by atoms with Gasteiger partial charge in [0.2, 0.25) is 0 Å². The number of aliphatic hydroxyl groups is 1. The van der Waals surface area contributed by atoms with Gasteiger partial charge in [0, 0.05) is 29.8 Å². The zero-order valence-corrected chi connectivity index (χ0v) is 16.6. The number of amides is 2. The average molecular weight is 414 g/mol. The van der Waals surface area contributed by atoms with E-state index < -0.39 is 18.0 Å². The molecule has 3 N–H and O–H groups in total.